The first-order chi connectivity index (χ1) is 8.60. The molecule has 2 aromatic rings. The van der Waals surface area contributed by atoms with Crippen LogP contribution in [0.3, 0.4) is 0 Å². The van der Waals surface area contributed by atoms with E-state index in [1.165, 1.54) is 0 Å². The van der Waals surface area contributed by atoms with Crippen LogP contribution in [0.25, 0.3) is 0 Å². The Balaban J connectivity index is 2.28. The Bertz CT molecular complexity index is 575. The molecule has 0 aliphatic carbocycles. The number of hydrogen-bond donors (Lipinski definition) is 1. The molecule has 0 aromatic heterocycles. The molecule has 0 bridgehead atoms. The van der Waals surface area contributed by atoms with E-state index >= 15 is 0 Å². The number of nitrogens with two attached hydrogens (primary N) is 1. The Labute approximate surface area is 128 Å². The molecule has 2 N–H and O–H groups in total. The second-order valence-corrected chi connectivity index (χ2v) is 5.60. The summed E-state index contributed by atoms with van der Waals surface area (Å²) in [5, 5.41) is 0. The summed E-state index contributed by atoms with van der Waals surface area (Å²) in [5.74, 6) is 2.29. The molecule has 0 unspecified atom stereocenters. The standard InChI is InChI=1S/C13H11BrINO2/c1-17-9-3-5-12(10(14)7-9)18-13-4-2-8(16)6-11(13)15/h2-7H,16H2,1H3. The molecule has 2 rings (SSSR count). The van der Waals surface area contributed by atoms with Crippen LogP contribution >= 0.6 is 38.5 Å². The van der Waals surface area contributed by atoms with Gasteiger partial charge in [0.25, 0.3) is 0 Å². The number of anilines is 1. The first kappa shape index (κ1) is 13.5. The van der Waals surface area contributed by atoms with Crippen LogP contribution in [0, 0.1) is 3.57 Å². The third kappa shape index (κ3) is 3.08. The Hall–Kier alpha value is -0.950. The minimum Gasteiger partial charge on any atom is -0.497 e. The summed E-state index contributed by atoms with van der Waals surface area (Å²) >= 11 is 5.65. The quantitative estimate of drug-likeness (QED) is 0.590. The topological polar surface area (TPSA) is 44.5 Å². The van der Waals surface area contributed by atoms with Crippen molar-refractivity contribution in [3.05, 3.63) is 44.4 Å². The van der Waals surface area contributed by atoms with Crippen LogP contribution in [-0.2, 0) is 0 Å². The molecule has 0 spiro atoms. The summed E-state index contributed by atoms with van der Waals surface area (Å²) in [4.78, 5) is 0. The van der Waals surface area contributed by atoms with Crippen LogP contribution < -0.4 is 15.2 Å². The predicted molar refractivity (Wildman–Crippen MR) is 84.3 cm³/mol. The van der Waals surface area contributed by atoms with Crippen molar-refractivity contribution in [3.8, 4) is 17.2 Å². The molecule has 94 valence electrons. The van der Waals surface area contributed by atoms with Crippen molar-refractivity contribution in [1.82, 2.24) is 0 Å². The summed E-state index contributed by atoms with van der Waals surface area (Å²) in [6.45, 7) is 0. The summed E-state index contributed by atoms with van der Waals surface area (Å²) in [7, 11) is 1.63. The lowest BCUT2D eigenvalue weighted by Crippen LogP contribution is -1.91. The average Bonchev–Trinajstić information content (AvgIpc) is 2.34. The molecule has 0 heterocycles. The SMILES string of the molecule is COc1ccc(Oc2ccc(N)cc2I)c(Br)c1. The molecule has 0 radical (unpaired) electrons. The van der Waals surface area contributed by atoms with Crippen molar-refractivity contribution in [2.75, 3.05) is 12.8 Å². The zero-order chi connectivity index (χ0) is 13.1. The lowest BCUT2D eigenvalue weighted by atomic mass is 10.3. The first-order valence-electron chi connectivity index (χ1n) is 5.16. The van der Waals surface area contributed by atoms with Gasteiger partial charge in [-0.05, 0) is 74.9 Å². The predicted octanol–water partition coefficient (Wildman–Crippen LogP) is 4.44. The van der Waals surface area contributed by atoms with E-state index in [4.69, 9.17) is 15.2 Å². The Kier molecular flexibility index (Phi) is 4.34. The first-order valence-corrected chi connectivity index (χ1v) is 7.04. The van der Waals surface area contributed by atoms with Crippen molar-refractivity contribution in [2.45, 2.75) is 0 Å². The molecule has 0 saturated carbocycles. The van der Waals surface area contributed by atoms with Gasteiger partial charge in [-0.15, -0.1) is 0 Å². The highest BCUT2D eigenvalue weighted by Crippen LogP contribution is 2.34. The van der Waals surface area contributed by atoms with E-state index in [0.29, 0.717) is 0 Å². The molecule has 0 aliphatic heterocycles. The third-order valence-corrected chi connectivity index (χ3v) is 3.78. The zero-order valence-corrected chi connectivity index (χ0v) is 13.4. The molecular formula is C13H11BrINO2. The highest BCUT2D eigenvalue weighted by atomic mass is 127. The number of benzene rings is 2. The number of nitrogen functional groups attached to an aromatic ring is 1. The number of rotatable bonds is 3. The number of hydrogen-bond acceptors (Lipinski definition) is 3. The fourth-order valence-electron chi connectivity index (χ4n) is 1.41. The molecule has 2 aromatic carbocycles. The van der Waals surface area contributed by atoms with Crippen LogP contribution in [0.5, 0.6) is 17.2 Å². The minimum atomic E-state index is 0.723. The molecule has 5 heteroatoms. The van der Waals surface area contributed by atoms with Gasteiger partial charge in [0, 0.05) is 5.69 Å². The maximum atomic E-state index is 5.83. The molecule has 3 nitrogen and oxygen atoms in total. The van der Waals surface area contributed by atoms with Gasteiger partial charge in [-0.1, -0.05) is 0 Å². The van der Waals surface area contributed by atoms with E-state index in [1.807, 2.05) is 36.4 Å². The van der Waals surface area contributed by atoms with Crippen molar-refractivity contribution >= 4 is 44.2 Å². The highest BCUT2D eigenvalue weighted by Gasteiger charge is 2.07. The smallest absolute Gasteiger partial charge is 0.141 e. The van der Waals surface area contributed by atoms with Crippen LogP contribution in [0.1, 0.15) is 0 Å². The van der Waals surface area contributed by atoms with Crippen LogP contribution in [0.15, 0.2) is 40.9 Å². The third-order valence-electron chi connectivity index (χ3n) is 2.31. The van der Waals surface area contributed by atoms with Gasteiger partial charge in [-0.25, -0.2) is 0 Å². The normalized spacial score (nSPS) is 10.2. The number of ether oxygens (including phenoxy) is 2. The van der Waals surface area contributed by atoms with Gasteiger partial charge >= 0.3 is 0 Å². The van der Waals surface area contributed by atoms with Crippen molar-refractivity contribution < 1.29 is 9.47 Å². The molecule has 18 heavy (non-hydrogen) atoms. The van der Waals surface area contributed by atoms with E-state index in [9.17, 15) is 0 Å². The largest absolute Gasteiger partial charge is 0.497 e. The van der Waals surface area contributed by atoms with Gasteiger partial charge in [-0.3, -0.25) is 0 Å². The maximum absolute atomic E-state index is 5.83. The lowest BCUT2D eigenvalue weighted by molar-refractivity contribution is 0.412. The van der Waals surface area contributed by atoms with E-state index in [-0.39, 0.29) is 0 Å². The van der Waals surface area contributed by atoms with Gasteiger partial charge in [0.2, 0.25) is 0 Å². The summed E-state index contributed by atoms with van der Waals surface area (Å²) in [6.07, 6.45) is 0. The van der Waals surface area contributed by atoms with Gasteiger partial charge in [0.15, 0.2) is 0 Å². The van der Waals surface area contributed by atoms with Crippen molar-refractivity contribution in [3.63, 3.8) is 0 Å². The van der Waals surface area contributed by atoms with Gasteiger partial charge in [0.1, 0.15) is 17.2 Å². The second kappa shape index (κ2) is 5.79. The average molecular weight is 420 g/mol. The second-order valence-electron chi connectivity index (χ2n) is 3.59. The number of methoxy groups -OCH3 is 1. The van der Waals surface area contributed by atoms with Gasteiger partial charge < -0.3 is 15.2 Å². The monoisotopic (exact) mass is 419 g/mol. The van der Waals surface area contributed by atoms with E-state index in [1.54, 1.807) is 7.11 Å². The maximum Gasteiger partial charge on any atom is 0.141 e. The molecule has 0 atom stereocenters. The van der Waals surface area contributed by atoms with Gasteiger partial charge in [0.05, 0.1) is 15.2 Å². The summed E-state index contributed by atoms with van der Waals surface area (Å²) in [6, 6.07) is 11.1. The fourth-order valence-corrected chi connectivity index (χ4v) is 2.50. The zero-order valence-electron chi connectivity index (χ0n) is 9.61. The highest BCUT2D eigenvalue weighted by molar-refractivity contribution is 14.1. The Morgan fingerprint density at radius 1 is 1.11 bits per heavy atom. The van der Waals surface area contributed by atoms with Crippen molar-refractivity contribution in [1.29, 1.82) is 0 Å². The summed E-state index contributed by atoms with van der Waals surface area (Å²) in [5.41, 5.74) is 6.43. The van der Waals surface area contributed by atoms with Crippen LogP contribution in [-0.4, -0.2) is 7.11 Å². The molecule has 0 aliphatic rings. The molecule has 0 saturated heterocycles. The Morgan fingerprint density at radius 3 is 2.44 bits per heavy atom. The van der Waals surface area contributed by atoms with E-state index in [2.05, 4.69) is 38.5 Å². The summed E-state index contributed by atoms with van der Waals surface area (Å²) < 4.78 is 12.8. The fraction of sp³-hybridized carbons (Fsp3) is 0.0769. The van der Waals surface area contributed by atoms with Gasteiger partial charge in [-0.2, -0.15) is 0 Å². The molecule has 0 fully saturated rings. The van der Waals surface area contributed by atoms with E-state index < -0.39 is 0 Å². The lowest BCUT2D eigenvalue weighted by Gasteiger charge is -2.10. The van der Waals surface area contributed by atoms with Crippen LogP contribution in [0.4, 0.5) is 5.69 Å². The molecular weight excluding hydrogens is 409 g/mol. The van der Waals surface area contributed by atoms with Crippen molar-refractivity contribution in [2.24, 2.45) is 0 Å². The number of halogens is 2. The Morgan fingerprint density at radius 2 is 1.83 bits per heavy atom. The minimum absolute atomic E-state index is 0.723. The van der Waals surface area contributed by atoms with Crippen LogP contribution in [0.2, 0.25) is 0 Å². The molecule has 0 amide bonds. The van der Waals surface area contributed by atoms with E-state index in [0.717, 1.165) is 31.0 Å².